The lowest BCUT2D eigenvalue weighted by molar-refractivity contribution is 0.397. The molecule has 0 spiro atoms. The Morgan fingerprint density at radius 3 is 1.08 bits per heavy atom. The van der Waals surface area contributed by atoms with E-state index >= 15 is 0 Å². The smallest absolute Gasteiger partial charge is 0.0520 e. The molecular weight excluding hydrogens is 1010 g/mol. The molecular formula is C82H98N2. The van der Waals surface area contributed by atoms with Gasteiger partial charge in [0.2, 0.25) is 0 Å². The van der Waals surface area contributed by atoms with Crippen LogP contribution in [0.1, 0.15) is 212 Å². The Kier molecular flexibility index (Phi) is 19.1. The van der Waals surface area contributed by atoms with Crippen molar-refractivity contribution in [2.45, 2.75) is 221 Å². The van der Waals surface area contributed by atoms with E-state index in [-0.39, 0.29) is 5.41 Å². The molecule has 0 radical (unpaired) electrons. The molecule has 3 aliphatic rings. The molecule has 0 amide bonds. The number of aryl methyl sites for hydroxylation is 14. The van der Waals surface area contributed by atoms with Crippen molar-refractivity contribution in [1.29, 1.82) is 0 Å². The maximum atomic E-state index is 2.69. The molecule has 0 atom stereocenters. The van der Waals surface area contributed by atoms with E-state index in [1.807, 2.05) is 0 Å². The lowest BCUT2D eigenvalue weighted by atomic mass is 9.70. The number of unbranched alkanes of at least 4 members (excludes halogenated alkanes) is 13. The lowest BCUT2D eigenvalue weighted by Crippen LogP contribution is -2.26. The summed E-state index contributed by atoms with van der Waals surface area (Å²) in [5.74, 6) is 0. The van der Waals surface area contributed by atoms with Crippen LogP contribution in [0.3, 0.4) is 0 Å². The van der Waals surface area contributed by atoms with Gasteiger partial charge in [0.1, 0.15) is 0 Å². The summed E-state index contributed by atoms with van der Waals surface area (Å²) in [6.45, 7) is 18.3. The Labute approximate surface area is 508 Å². The Hall–Kier alpha value is -6.64. The van der Waals surface area contributed by atoms with E-state index in [2.05, 4.69) is 211 Å². The fourth-order valence-electron chi connectivity index (χ4n) is 15.2. The highest BCUT2D eigenvalue weighted by Gasteiger charge is 2.43. The van der Waals surface area contributed by atoms with Crippen LogP contribution in [0.25, 0.3) is 11.1 Å². The van der Waals surface area contributed by atoms with Crippen molar-refractivity contribution in [2.24, 2.45) is 0 Å². The maximum Gasteiger partial charge on any atom is 0.0520 e. The molecule has 8 aromatic rings. The number of anilines is 6. The van der Waals surface area contributed by atoms with Gasteiger partial charge in [-0.05, 0) is 257 Å². The second-order valence-corrected chi connectivity index (χ2v) is 26.5. The van der Waals surface area contributed by atoms with E-state index in [0.29, 0.717) is 0 Å². The summed E-state index contributed by atoms with van der Waals surface area (Å²) in [6.07, 6.45) is 31.5. The van der Waals surface area contributed by atoms with Gasteiger partial charge in [0.15, 0.2) is 0 Å². The molecule has 0 saturated heterocycles. The lowest BCUT2D eigenvalue weighted by Gasteiger charge is -2.36. The number of fused-ring (bicyclic) bond motifs is 5. The van der Waals surface area contributed by atoms with E-state index in [1.165, 1.54) is 242 Å². The van der Waals surface area contributed by atoms with E-state index < -0.39 is 0 Å². The molecule has 436 valence electrons. The molecule has 0 heterocycles. The highest BCUT2D eigenvalue weighted by Crippen LogP contribution is 2.57. The fraction of sp³-hybridized carbons (Fsp3) is 0.415. The first-order chi connectivity index (χ1) is 41.0. The molecule has 0 bridgehead atoms. The predicted octanol–water partition coefficient (Wildman–Crippen LogP) is 23.3. The van der Waals surface area contributed by atoms with Crippen molar-refractivity contribution < 1.29 is 0 Å². The maximum absolute atomic E-state index is 2.69. The zero-order valence-electron chi connectivity index (χ0n) is 52.9. The molecule has 11 rings (SSSR count). The summed E-state index contributed by atoms with van der Waals surface area (Å²) in [6, 6.07) is 58.3. The van der Waals surface area contributed by atoms with Crippen LogP contribution < -0.4 is 9.80 Å². The summed E-state index contributed by atoms with van der Waals surface area (Å²) in [5.41, 5.74) is 33.5. The molecule has 0 saturated carbocycles. The molecule has 2 heteroatoms. The van der Waals surface area contributed by atoms with Gasteiger partial charge in [-0.2, -0.15) is 0 Å². The fourth-order valence-corrected chi connectivity index (χ4v) is 15.2. The van der Waals surface area contributed by atoms with Gasteiger partial charge in [0.05, 0.1) is 11.4 Å². The standard InChI is InChI=1S/C82H98N2/c1-9-10-11-20-27-67-52-63(7)81(64(8)53-67)84(73-42-30-59(3)31-43-73)75-45-47-77-76-46-44-74(83(72-40-28-58(2)29-41-72)80-61(5)50-60(4)51-62(80)6)56-78(76)82(79(77)57-75,48-23-18-14-12-16-21-25-65-32-34-68-36-38-70(68)54-65)49-24-19-15-13-17-22-26-66-33-35-69-37-39-71(69)55-66/h28-35,40-47,50-57H,9-27,36-39,48-49H2,1-8H3. The van der Waals surface area contributed by atoms with Crippen molar-refractivity contribution in [3.05, 3.63) is 235 Å². The van der Waals surface area contributed by atoms with Crippen molar-refractivity contribution in [2.75, 3.05) is 9.80 Å². The molecule has 84 heavy (non-hydrogen) atoms. The largest absolute Gasteiger partial charge is 0.310 e. The molecule has 2 nitrogen and oxygen atoms in total. The molecule has 0 N–H and O–H groups in total. The number of hydrogen-bond donors (Lipinski definition) is 0. The second-order valence-electron chi connectivity index (χ2n) is 26.5. The van der Waals surface area contributed by atoms with Crippen molar-refractivity contribution in [3.8, 4) is 11.1 Å². The van der Waals surface area contributed by atoms with Gasteiger partial charge in [-0.1, -0.05) is 204 Å². The van der Waals surface area contributed by atoms with Crippen LogP contribution in [0.15, 0.2) is 146 Å². The SMILES string of the molecule is CCCCCCc1cc(C)c(N(c2ccc(C)cc2)c2ccc3c(c2)C(CCCCCCCCc2ccc4c(c2)CC4)(CCCCCCCCc2ccc4c(c2)CC4)c2cc(N(c4ccc(C)cc4)c4c(C)cc(C)cc4C)ccc2-3)c(C)c1. The minimum atomic E-state index is -0.151. The summed E-state index contributed by atoms with van der Waals surface area (Å²) in [4.78, 5) is 5.21. The van der Waals surface area contributed by atoms with Crippen molar-refractivity contribution in [3.63, 3.8) is 0 Å². The summed E-state index contributed by atoms with van der Waals surface area (Å²) in [7, 11) is 0. The quantitative estimate of drug-likeness (QED) is 0.0431. The molecule has 0 aromatic heterocycles. The summed E-state index contributed by atoms with van der Waals surface area (Å²) < 4.78 is 0. The molecule has 8 aromatic carbocycles. The first-order valence-electron chi connectivity index (χ1n) is 33.4. The Morgan fingerprint density at radius 1 is 0.310 bits per heavy atom. The van der Waals surface area contributed by atoms with Crippen LogP contribution in [0, 0.1) is 48.5 Å². The molecule has 3 aliphatic carbocycles. The monoisotopic (exact) mass is 1110 g/mol. The molecule has 0 aliphatic heterocycles. The third-order valence-corrected chi connectivity index (χ3v) is 19.9. The first kappa shape index (κ1) is 59.1. The average Bonchev–Trinajstić information content (AvgIpc) is 1.80. The molecule has 0 unspecified atom stereocenters. The Bertz CT molecular complexity index is 3420. The van der Waals surface area contributed by atoms with Gasteiger partial charge < -0.3 is 9.80 Å². The van der Waals surface area contributed by atoms with Gasteiger partial charge in [-0.15, -0.1) is 0 Å². The normalized spacial score (nSPS) is 13.4. The summed E-state index contributed by atoms with van der Waals surface area (Å²) >= 11 is 0. The highest BCUT2D eigenvalue weighted by molar-refractivity contribution is 5.90. The van der Waals surface area contributed by atoms with Crippen LogP contribution in [-0.2, 0) is 50.4 Å². The van der Waals surface area contributed by atoms with Gasteiger partial charge >= 0.3 is 0 Å². The van der Waals surface area contributed by atoms with Crippen LogP contribution in [0.4, 0.5) is 34.1 Å². The van der Waals surface area contributed by atoms with Crippen LogP contribution >= 0.6 is 0 Å². The van der Waals surface area contributed by atoms with E-state index in [0.717, 1.165) is 19.3 Å². The first-order valence-corrected chi connectivity index (χ1v) is 33.4. The third-order valence-electron chi connectivity index (χ3n) is 19.9. The minimum Gasteiger partial charge on any atom is -0.310 e. The van der Waals surface area contributed by atoms with Crippen molar-refractivity contribution in [1.82, 2.24) is 0 Å². The van der Waals surface area contributed by atoms with Crippen LogP contribution in [0.5, 0.6) is 0 Å². The summed E-state index contributed by atoms with van der Waals surface area (Å²) in [5, 5.41) is 0. The van der Waals surface area contributed by atoms with Gasteiger partial charge in [-0.25, -0.2) is 0 Å². The number of benzene rings is 8. The van der Waals surface area contributed by atoms with Gasteiger partial charge in [-0.3, -0.25) is 0 Å². The van der Waals surface area contributed by atoms with E-state index in [4.69, 9.17) is 0 Å². The van der Waals surface area contributed by atoms with Gasteiger partial charge in [0, 0.05) is 28.2 Å². The topological polar surface area (TPSA) is 6.48 Å². The van der Waals surface area contributed by atoms with Crippen LogP contribution in [0.2, 0.25) is 0 Å². The highest BCUT2D eigenvalue weighted by atomic mass is 15.2. The zero-order valence-corrected chi connectivity index (χ0v) is 52.9. The van der Waals surface area contributed by atoms with Crippen molar-refractivity contribution >= 4 is 34.1 Å². The Balaban J connectivity index is 0.959. The Morgan fingerprint density at radius 2 is 0.679 bits per heavy atom. The van der Waals surface area contributed by atoms with E-state index in [1.54, 1.807) is 33.4 Å². The van der Waals surface area contributed by atoms with Gasteiger partial charge in [0.25, 0.3) is 0 Å². The molecule has 0 fully saturated rings. The zero-order chi connectivity index (χ0) is 58.2. The van der Waals surface area contributed by atoms with E-state index in [9.17, 15) is 0 Å². The minimum absolute atomic E-state index is 0.151. The number of nitrogens with zero attached hydrogens (tertiary/aromatic N) is 2. The predicted molar refractivity (Wildman–Crippen MR) is 363 cm³/mol. The average molecular weight is 1110 g/mol. The second kappa shape index (κ2) is 27.2. The number of rotatable bonds is 29. The number of hydrogen-bond acceptors (Lipinski definition) is 2. The third kappa shape index (κ3) is 13.2. The van der Waals surface area contributed by atoms with Crippen LogP contribution in [-0.4, -0.2) is 0 Å².